The number of thioether (sulfide) groups is 1. The molecule has 0 bridgehead atoms. The van der Waals surface area contributed by atoms with Gasteiger partial charge in [-0.25, -0.2) is 9.59 Å². The van der Waals surface area contributed by atoms with E-state index in [1.54, 1.807) is 0 Å². The van der Waals surface area contributed by atoms with E-state index in [2.05, 4.69) is 0 Å². The van der Waals surface area contributed by atoms with Crippen LogP contribution in [0.25, 0.3) is 0 Å². The number of alkyl carbamates (subject to hydrolysis) is 1. The molecule has 2 aliphatic rings. The summed E-state index contributed by atoms with van der Waals surface area (Å²) in [6.45, 7) is -0.359. The Morgan fingerprint density at radius 2 is 2.18 bits per heavy atom. The van der Waals surface area contributed by atoms with E-state index in [1.807, 2.05) is 5.32 Å². The van der Waals surface area contributed by atoms with Gasteiger partial charge in [-0.2, -0.15) is 0 Å². The molecule has 0 aromatic heterocycles. The first-order valence-electron chi connectivity index (χ1n) is 6.05. The minimum Gasteiger partial charge on any atom is -0.477 e. The van der Waals surface area contributed by atoms with E-state index in [0.717, 1.165) is 4.90 Å². The van der Waals surface area contributed by atoms with Gasteiger partial charge in [0.15, 0.2) is 0 Å². The second-order valence-electron chi connectivity index (χ2n) is 4.45. The number of carboxylic acids is 1. The summed E-state index contributed by atoms with van der Waals surface area (Å²) in [5.74, 6) is -2.69. The van der Waals surface area contributed by atoms with E-state index >= 15 is 0 Å². The average molecular weight is 350 g/mol. The first-order valence-corrected chi connectivity index (χ1v) is 7.63. The number of carbonyl (C=O) groups is 4. The Kier molecular flexibility index (Phi) is 4.94. The van der Waals surface area contributed by atoms with Crippen molar-refractivity contribution in [1.82, 2.24) is 10.2 Å². The molecule has 0 spiro atoms. The van der Waals surface area contributed by atoms with E-state index in [1.165, 1.54) is 11.8 Å². The normalized spacial score (nSPS) is 23.5. The average Bonchev–Trinajstić information content (AvgIpc) is 2.50. The van der Waals surface area contributed by atoms with Gasteiger partial charge in [0, 0.05) is 11.3 Å². The highest BCUT2D eigenvalue weighted by atomic mass is 35.5. The van der Waals surface area contributed by atoms with Crippen LogP contribution in [0, 0.1) is 0 Å². The molecule has 4 N–H and O–H groups in total. The first kappa shape index (κ1) is 16.6. The minimum atomic E-state index is -1.30. The van der Waals surface area contributed by atoms with E-state index in [-0.39, 0.29) is 23.6 Å². The van der Waals surface area contributed by atoms with Gasteiger partial charge in [-0.05, 0) is 0 Å². The predicted octanol–water partition coefficient (Wildman–Crippen LogP) is -0.941. The third-order valence-corrected chi connectivity index (χ3v) is 4.63. The number of fused-ring (bicyclic) bond motifs is 1. The lowest BCUT2D eigenvalue weighted by Gasteiger charge is -2.47. The lowest BCUT2D eigenvalue weighted by atomic mass is 10.0. The largest absolute Gasteiger partial charge is 0.477 e. The SMILES string of the molecule is NC1C(=O)N2C(C(=O)O)=C(COC(=O)NC(=O)CCl)CS[C@H]12. The third kappa shape index (κ3) is 3.03. The lowest BCUT2D eigenvalue weighted by molar-refractivity contribution is -0.148. The summed E-state index contributed by atoms with van der Waals surface area (Å²) in [5.41, 5.74) is 5.63. The molecule has 120 valence electrons. The summed E-state index contributed by atoms with van der Waals surface area (Å²) >= 11 is 6.50. The monoisotopic (exact) mass is 349 g/mol. The first-order chi connectivity index (χ1) is 10.4. The van der Waals surface area contributed by atoms with Crippen molar-refractivity contribution in [3.8, 4) is 0 Å². The highest BCUT2D eigenvalue weighted by Gasteiger charge is 2.51. The van der Waals surface area contributed by atoms with Crippen molar-refractivity contribution in [1.29, 1.82) is 0 Å². The molecule has 2 atom stereocenters. The van der Waals surface area contributed by atoms with E-state index in [0.29, 0.717) is 0 Å². The number of aliphatic carboxylic acids is 1. The molecule has 3 amide bonds. The molecular formula is C11H12ClN3O6S. The highest BCUT2D eigenvalue weighted by Crippen LogP contribution is 2.39. The number of β-lactam (4-membered cyclic amide) rings is 1. The third-order valence-electron chi connectivity index (χ3n) is 3.03. The Balaban J connectivity index is 2.07. The standard InChI is InChI=1S/C11H12ClN3O6S/c12-1-5(16)14-11(20)21-2-4-3-22-9-6(13)8(17)15(9)7(4)10(18)19/h6,9H,1-3,13H2,(H,18,19)(H,14,16,20)/t6?,9-/m1/s1. The number of nitrogens with two attached hydrogens (primary N) is 1. The van der Waals surface area contributed by atoms with Gasteiger partial charge in [0.05, 0.1) is 0 Å². The second-order valence-corrected chi connectivity index (χ2v) is 5.82. The van der Waals surface area contributed by atoms with Crippen LogP contribution in [-0.4, -0.2) is 63.5 Å². The zero-order valence-corrected chi connectivity index (χ0v) is 12.6. The molecule has 0 aromatic carbocycles. The molecule has 2 rings (SSSR count). The molecule has 2 aliphatic heterocycles. The van der Waals surface area contributed by atoms with Crippen LogP contribution in [0.5, 0.6) is 0 Å². The number of hydrogen-bond donors (Lipinski definition) is 3. The Hall–Kier alpha value is -1.78. The van der Waals surface area contributed by atoms with Crippen LogP contribution in [0.1, 0.15) is 0 Å². The van der Waals surface area contributed by atoms with Crippen molar-refractivity contribution in [2.24, 2.45) is 5.73 Å². The molecule has 22 heavy (non-hydrogen) atoms. The number of nitrogens with one attached hydrogen (secondary N) is 1. The Morgan fingerprint density at radius 1 is 1.50 bits per heavy atom. The molecule has 0 aliphatic carbocycles. The van der Waals surface area contributed by atoms with Crippen LogP contribution in [-0.2, 0) is 19.1 Å². The number of amides is 3. The van der Waals surface area contributed by atoms with E-state index in [9.17, 15) is 24.3 Å². The number of hydrogen-bond acceptors (Lipinski definition) is 7. The number of halogens is 1. The van der Waals surface area contributed by atoms with Crippen molar-refractivity contribution in [3.05, 3.63) is 11.3 Å². The van der Waals surface area contributed by atoms with Gasteiger partial charge in [0.25, 0.3) is 0 Å². The van der Waals surface area contributed by atoms with Crippen molar-refractivity contribution >= 4 is 47.2 Å². The summed E-state index contributed by atoms with van der Waals surface area (Å²) in [5, 5.41) is 10.7. The summed E-state index contributed by atoms with van der Waals surface area (Å²) in [6, 6.07) is -0.730. The summed E-state index contributed by atoms with van der Waals surface area (Å²) in [4.78, 5) is 46.3. The van der Waals surface area contributed by atoms with Crippen molar-refractivity contribution in [2.45, 2.75) is 11.4 Å². The van der Waals surface area contributed by atoms with Crippen LogP contribution < -0.4 is 11.1 Å². The number of nitrogens with zero attached hydrogens (tertiary/aromatic N) is 1. The van der Waals surface area contributed by atoms with Crippen LogP contribution in [0.4, 0.5) is 4.79 Å². The van der Waals surface area contributed by atoms with Crippen molar-refractivity contribution < 1.29 is 29.0 Å². The van der Waals surface area contributed by atoms with Gasteiger partial charge in [0.2, 0.25) is 11.8 Å². The fourth-order valence-corrected chi connectivity index (χ4v) is 3.37. The molecule has 11 heteroatoms. The van der Waals surface area contributed by atoms with Crippen LogP contribution in [0.2, 0.25) is 0 Å². The maximum absolute atomic E-state index is 11.7. The molecule has 1 saturated heterocycles. The molecule has 1 unspecified atom stereocenters. The maximum atomic E-state index is 11.7. The smallest absolute Gasteiger partial charge is 0.414 e. The Morgan fingerprint density at radius 3 is 2.77 bits per heavy atom. The van der Waals surface area contributed by atoms with Crippen molar-refractivity contribution in [3.63, 3.8) is 0 Å². The molecule has 9 nitrogen and oxygen atoms in total. The Bertz CT molecular complexity index is 580. The van der Waals surface area contributed by atoms with E-state index < -0.39 is 41.2 Å². The summed E-state index contributed by atoms with van der Waals surface area (Å²) in [6.07, 6.45) is -1.04. The quantitative estimate of drug-likeness (QED) is 0.436. The topological polar surface area (TPSA) is 139 Å². The number of imide groups is 1. The molecule has 1 fully saturated rings. The zero-order valence-electron chi connectivity index (χ0n) is 11.1. The van der Waals surface area contributed by atoms with Gasteiger partial charge in [-0.15, -0.1) is 23.4 Å². The molecular weight excluding hydrogens is 338 g/mol. The van der Waals surface area contributed by atoms with Gasteiger partial charge in [-0.1, -0.05) is 0 Å². The number of carbonyl (C=O) groups excluding carboxylic acids is 3. The minimum absolute atomic E-state index is 0.230. The Labute approximate surface area is 133 Å². The highest BCUT2D eigenvalue weighted by molar-refractivity contribution is 8.00. The van der Waals surface area contributed by atoms with Crippen LogP contribution in [0.15, 0.2) is 11.3 Å². The number of alkyl halides is 1. The van der Waals surface area contributed by atoms with Gasteiger partial charge < -0.3 is 15.6 Å². The van der Waals surface area contributed by atoms with Crippen LogP contribution >= 0.6 is 23.4 Å². The fraction of sp³-hybridized carbons (Fsp3) is 0.455. The molecule has 2 heterocycles. The summed E-state index contributed by atoms with van der Waals surface area (Å²) in [7, 11) is 0. The van der Waals surface area contributed by atoms with Crippen LogP contribution in [0.3, 0.4) is 0 Å². The number of rotatable bonds is 4. The maximum Gasteiger partial charge on any atom is 0.414 e. The molecule has 0 aromatic rings. The zero-order chi connectivity index (χ0) is 16.4. The fourth-order valence-electron chi connectivity index (χ4n) is 2.03. The van der Waals surface area contributed by atoms with E-state index in [4.69, 9.17) is 22.1 Å². The second kappa shape index (κ2) is 6.55. The number of carboxylic acid groups (broad SMARTS) is 1. The van der Waals surface area contributed by atoms with Crippen molar-refractivity contribution in [2.75, 3.05) is 18.2 Å². The lowest BCUT2D eigenvalue weighted by Crippen LogP contribution is -2.68. The predicted molar refractivity (Wildman–Crippen MR) is 75.9 cm³/mol. The van der Waals surface area contributed by atoms with Gasteiger partial charge in [0.1, 0.15) is 29.6 Å². The van der Waals surface area contributed by atoms with Gasteiger partial charge in [-0.3, -0.25) is 19.8 Å². The molecule has 0 radical (unpaired) electrons. The van der Waals surface area contributed by atoms with Gasteiger partial charge >= 0.3 is 12.1 Å². The number of ether oxygens (including phenoxy) is 1. The summed E-state index contributed by atoms with van der Waals surface area (Å²) < 4.78 is 4.77. The molecule has 0 saturated carbocycles.